The number of benzene rings is 1. The molecule has 2 atom stereocenters. The highest BCUT2D eigenvalue weighted by Gasteiger charge is 2.13. The fourth-order valence-electron chi connectivity index (χ4n) is 2.04. The second-order valence-electron chi connectivity index (χ2n) is 4.89. The molecular weight excluding hydrogens is 309 g/mol. The van der Waals surface area contributed by atoms with E-state index in [4.69, 9.17) is 4.74 Å². The van der Waals surface area contributed by atoms with Crippen molar-refractivity contribution in [3.05, 3.63) is 34.1 Å². The van der Waals surface area contributed by atoms with Crippen molar-refractivity contribution in [3.8, 4) is 0 Å². The van der Waals surface area contributed by atoms with Crippen LogP contribution in [0, 0.1) is 5.82 Å². The lowest BCUT2D eigenvalue weighted by atomic mass is 10.0. The minimum absolute atomic E-state index is 0.216. The topological polar surface area (TPSA) is 21.3 Å². The normalized spacial score (nSPS) is 14.4. The fourth-order valence-corrected chi connectivity index (χ4v) is 2.46. The van der Waals surface area contributed by atoms with Gasteiger partial charge in [-0.25, -0.2) is 4.39 Å². The molecule has 0 saturated heterocycles. The van der Waals surface area contributed by atoms with E-state index in [2.05, 4.69) is 35.1 Å². The molecule has 19 heavy (non-hydrogen) atoms. The third kappa shape index (κ3) is 6.02. The van der Waals surface area contributed by atoms with Gasteiger partial charge in [0.25, 0.3) is 0 Å². The summed E-state index contributed by atoms with van der Waals surface area (Å²) in [5.74, 6) is -0.216. The van der Waals surface area contributed by atoms with E-state index in [0.29, 0.717) is 10.5 Å². The van der Waals surface area contributed by atoms with Crippen molar-refractivity contribution in [2.24, 2.45) is 0 Å². The lowest BCUT2D eigenvalue weighted by molar-refractivity contribution is 0.100. The zero-order valence-corrected chi connectivity index (χ0v) is 13.5. The van der Waals surface area contributed by atoms with E-state index in [0.717, 1.165) is 31.4 Å². The van der Waals surface area contributed by atoms with Crippen LogP contribution in [0.15, 0.2) is 22.7 Å². The molecule has 0 heterocycles. The molecule has 108 valence electrons. The predicted molar refractivity (Wildman–Crippen MR) is 81.0 cm³/mol. The van der Waals surface area contributed by atoms with Gasteiger partial charge in [0, 0.05) is 13.2 Å². The summed E-state index contributed by atoms with van der Waals surface area (Å²) in [5, 5.41) is 3.53. The van der Waals surface area contributed by atoms with E-state index in [-0.39, 0.29) is 11.9 Å². The Kier molecular flexibility index (Phi) is 7.57. The number of rotatable bonds is 8. The fraction of sp³-hybridized carbons (Fsp3) is 0.600. The van der Waals surface area contributed by atoms with Crippen LogP contribution >= 0.6 is 15.9 Å². The average Bonchev–Trinajstić information content (AvgIpc) is 2.40. The van der Waals surface area contributed by atoms with Crippen LogP contribution in [0.3, 0.4) is 0 Å². The van der Waals surface area contributed by atoms with Gasteiger partial charge in [0.15, 0.2) is 0 Å². The summed E-state index contributed by atoms with van der Waals surface area (Å²) in [5.41, 5.74) is 1.13. The summed E-state index contributed by atoms with van der Waals surface area (Å²) < 4.78 is 19.1. The largest absolute Gasteiger partial charge is 0.382 e. The Bertz CT molecular complexity index is 386. The SMILES string of the molecule is CCCNC(Cc1ccc(F)c(Br)c1)CC(C)OC. The first-order valence-corrected chi connectivity index (χ1v) is 7.56. The molecule has 0 aliphatic heterocycles. The van der Waals surface area contributed by atoms with Crippen molar-refractivity contribution in [2.45, 2.75) is 45.3 Å². The maximum Gasteiger partial charge on any atom is 0.137 e. The summed E-state index contributed by atoms with van der Waals surface area (Å²) in [6, 6.07) is 5.56. The maximum absolute atomic E-state index is 13.2. The minimum Gasteiger partial charge on any atom is -0.382 e. The van der Waals surface area contributed by atoms with Crippen LogP contribution in [0.4, 0.5) is 4.39 Å². The average molecular weight is 332 g/mol. The molecule has 0 fully saturated rings. The van der Waals surface area contributed by atoms with Gasteiger partial charge >= 0.3 is 0 Å². The van der Waals surface area contributed by atoms with Gasteiger partial charge in [-0.2, -0.15) is 0 Å². The summed E-state index contributed by atoms with van der Waals surface area (Å²) >= 11 is 3.23. The second-order valence-corrected chi connectivity index (χ2v) is 5.74. The summed E-state index contributed by atoms with van der Waals surface area (Å²) in [6.45, 7) is 5.21. The van der Waals surface area contributed by atoms with Crippen LogP contribution in [-0.4, -0.2) is 25.8 Å². The van der Waals surface area contributed by atoms with Gasteiger partial charge in [0.05, 0.1) is 10.6 Å². The molecule has 0 bridgehead atoms. The van der Waals surface area contributed by atoms with Crippen LogP contribution in [0.5, 0.6) is 0 Å². The Morgan fingerprint density at radius 2 is 2.16 bits per heavy atom. The van der Waals surface area contributed by atoms with E-state index in [1.165, 1.54) is 6.07 Å². The van der Waals surface area contributed by atoms with Crippen molar-refractivity contribution in [3.63, 3.8) is 0 Å². The first-order valence-electron chi connectivity index (χ1n) is 6.76. The van der Waals surface area contributed by atoms with Crippen LogP contribution in [0.2, 0.25) is 0 Å². The standard InChI is InChI=1S/C15H23BrFNO/c1-4-7-18-13(8-11(2)19-3)9-12-5-6-15(17)14(16)10-12/h5-6,10-11,13,18H,4,7-9H2,1-3H3. The van der Waals surface area contributed by atoms with Crippen LogP contribution < -0.4 is 5.32 Å². The Labute approximate surface area is 123 Å². The molecule has 2 nitrogen and oxygen atoms in total. The zero-order chi connectivity index (χ0) is 14.3. The molecule has 1 aromatic rings. The molecule has 0 spiro atoms. The second kappa shape index (κ2) is 8.67. The van der Waals surface area contributed by atoms with E-state index >= 15 is 0 Å². The molecule has 0 aliphatic carbocycles. The monoisotopic (exact) mass is 331 g/mol. The van der Waals surface area contributed by atoms with Gasteiger partial charge in [0.2, 0.25) is 0 Å². The van der Waals surface area contributed by atoms with Gasteiger partial charge < -0.3 is 10.1 Å². The Hall–Kier alpha value is -0.450. The molecule has 2 unspecified atom stereocenters. The van der Waals surface area contributed by atoms with Crippen molar-refractivity contribution in [1.82, 2.24) is 5.32 Å². The van der Waals surface area contributed by atoms with Crippen molar-refractivity contribution in [2.75, 3.05) is 13.7 Å². The maximum atomic E-state index is 13.2. The first-order chi connectivity index (χ1) is 9.06. The van der Waals surface area contributed by atoms with Crippen molar-refractivity contribution >= 4 is 15.9 Å². The Morgan fingerprint density at radius 1 is 1.42 bits per heavy atom. The van der Waals surface area contributed by atoms with E-state index < -0.39 is 0 Å². The van der Waals surface area contributed by atoms with Gasteiger partial charge in [0.1, 0.15) is 5.82 Å². The molecule has 1 N–H and O–H groups in total. The number of hydrogen-bond donors (Lipinski definition) is 1. The van der Waals surface area contributed by atoms with Gasteiger partial charge in [-0.1, -0.05) is 13.0 Å². The zero-order valence-electron chi connectivity index (χ0n) is 11.9. The Morgan fingerprint density at radius 3 is 2.74 bits per heavy atom. The molecule has 1 aromatic carbocycles. The highest BCUT2D eigenvalue weighted by molar-refractivity contribution is 9.10. The number of methoxy groups -OCH3 is 1. The lowest BCUT2D eigenvalue weighted by Gasteiger charge is -2.22. The third-order valence-corrected chi connectivity index (χ3v) is 3.78. The van der Waals surface area contributed by atoms with Crippen LogP contribution in [0.1, 0.15) is 32.3 Å². The smallest absolute Gasteiger partial charge is 0.137 e. The summed E-state index contributed by atoms with van der Waals surface area (Å²) in [6.07, 6.45) is 3.15. The highest BCUT2D eigenvalue weighted by atomic mass is 79.9. The molecule has 0 saturated carbocycles. The van der Waals surface area contributed by atoms with Crippen molar-refractivity contribution < 1.29 is 9.13 Å². The quantitative estimate of drug-likeness (QED) is 0.779. The molecular formula is C15H23BrFNO. The number of ether oxygens (including phenoxy) is 1. The minimum atomic E-state index is -0.216. The number of halogens is 2. The van der Waals surface area contributed by atoms with Gasteiger partial charge in [-0.05, 0) is 66.4 Å². The first kappa shape index (κ1) is 16.6. The third-order valence-electron chi connectivity index (χ3n) is 3.17. The molecule has 0 amide bonds. The van der Waals surface area contributed by atoms with Crippen LogP contribution in [-0.2, 0) is 11.2 Å². The van der Waals surface area contributed by atoms with E-state index in [1.54, 1.807) is 7.11 Å². The molecule has 0 radical (unpaired) electrons. The molecule has 4 heteroatoms. The van der Waals surface area contributed by atoms with Crippen molar-refractivity contribution in [1.29, 1.82) is 0 Å². The van der Waals surface area contributed by atoms with E-state index in [1.807, 2.05) is 12.1 Å². The summed E-state index contributed by atoms with van der Waals surface area (Å²) in [7, 11) is 1.73. The lowest BCUT2D eigenvalue weighted by Crippen LogP contribution is -2.35. The molecule has 0 aromatic heterocycles. The predicted octanol–water partition coefficient (Wildman–Crippen LogP) is 3.92. The van der Waals surface area contributed by atoms with E-state index in [9.17, 15) is 4.39 Å². The highest BCUT2D eigenvalue weighted by Crippen LogP contribution is 2.18. The number of hydrogen-bond acceptors (Lipinski definition) is 2. The van der Waals surface area contributed by atoms with Crippen LogP contribution in [0.25, 0.3) is 0 Å². The summed E-state index contributed by atoms with van der Waals surface area (Å²) in [4.78, 5) is 0. The molecule has 0 aliphatic rings. The Balaban J connectivity index is 2.66. The van der Waals surface area contributed by atoms with Gasteiger partial charge in [-0.15, -0.1) is 0 Å². The molecule has 1 rings (SSSR count). The van der Waals surface area contributed by atoms with Gasteiger partial charge in [-0.3, -0.25) is 0 Å². The number of nitrogens with one attached hydrogen (secondary N) is 1.